The van der Waals surface area contributed by atoms with Crippen LogP contribution in [0.15, 0.2) is 35.7 Å². The van der Waals surface area contributed by atoms with Gasteiger partial charge in [-0.3, -0.25) is 9.59 Å². The molecule has 1 aromatic carbocycles. The third kappa shape index (κ3) is 3.38. The number of amides is 2. The average Bonchev–Trinajstić information content (AvgIpc) is 3.20. The number of likely N-dealkylation sites (tertiary alicyclic amines) is 1. The van der Waals surface area contributed by atoms with Gasteiger partial charge in [-0.25, -0.2) is 4.39 Å². The fourth-order valence-electron chi connectivity index (χ4n) is 2.63. The van der Waals surface area contributed by atoms with Crippen LogP contribution in [0.25, 0.3) is 0 Å². The van der Waals surface area contributed by atoms with Gasteiger partial charge in [0.2, 0.25) is 5.91 Å². The number of rotatable bonds is 3. The van der Waals surface area contributed by atoms with Crippen LogP contribution in [-0.4, -0.2) is 29.3 Å². The van der Waals surface area contributed by atoms with Gasteiger partial charge in [-0.05, 0) is 42.5 Å². The Kier molecular flexibility index (Phi) is 4.63. The van der Waals surface area contributed by atoms with Crippen molar-refractivity contribution in [1.29, 1.82) is 0 Å². The minimum atomic E-state index is -0.597. The van der Waals surface area contributed by atoms with Crippen molar-refractivity contribution in [3.63, 3.8) is 0 Å². The first-order valence-corrected chi connectivity index (χ1v) is 8.42. The standard InChI is InChI=1S/C16H14ClFN2O2S/c17-10-5-6-12(11(18)9-10)19-15(21)13-3-1-7-20(13)16(22)14-4-2-8-23-14/h2,4-6,8-9,13H,1,3,7H2,(H,19,21). The molecular weight excluding hydrogens is 339 g/mol. The fraction of sp³-hybridized carbons (Fsp3) is 0.250. The van der Waals surface area contributed by atoms with E-state index in [9.17, 15) is 14.0 Å². The van der Waals surface area contributed by atoms with E-state index < -0.39 is 11.9 Å². The lowest BCUT2D eigenvalue weighted by Crippen LogP contribution is -2.43. The molecule has 1 aliphatic rings. The van der Waals surface area contributed by atoms with Gasteiger partial charge < -0.3 is 10.2 Å². The van der Waals surface area contributed by atoms with Crippen molar-refractivity contribution in [3.8, 4) is 0 Å². The molecule has 7 heteroatoms. The maximum Gasteiger partial charge on any atom is 0.264 e. The van der Waals surface area contributed by atoms with E-state index in [1.54, 1.807) is 17.0 Å². The lowest BCUT2D eigenvalue weighted by atomic mass is 10.2. The van der Waals surface area contributed by atoms with Crippen molar-refractivity contribution in [2.24, 2.45) is 0 Å². The molecule has 2 amide bonds. The Morgan fingerprint density at radius 3 is 2.87 bits per heavy atom. The Morgan fingerprint density at radius 1 is 1.35 bits per heavy atom. The lowest BCUT2D eigenvalue weighted by molar-refractivity contribution is -0.119. The number of carbonyl (C=O) groups is 2. The molecule has 1 atom stereocenters. The van der Waals surface area contributed by atoms with Crippen LogP contribution < -0.4 is 5.32 Å². The van der Waals surface area contributed by atoms with Crippen LogP contribution in [0.1, 0.15) is 22.5 Å². The van der Waals surface area contributed by atoms with Gasteiger partial charge in [0, 0.05) is 11.6 Å². The normalized spacial score (nSPS) is 17.3. The molecule has 1 N–H and O–H groups in total. The van der Waals surface area contributed by atoms with Crippen LogP contribution in [0.4, 0.5) is 10.1 Å². The Hall–Kier alpha value is -1.92. The lowest BCUT2D eigenvalue weighted by Gasteiger charge is -2.23. The number of thiophene rings is 1. The summed E-state index contributed by atoms with van der Waals surface area (Å²) >= 11 is 7.04. The van der Waals surface area contributed by atoms with E-state index in [2.05, 4.69) is 5.32 Å². The predicted molar refractivity (Wildman–Crippen MR) is 88.4 cm³/mol. The Balaban J connectivity index is 1.74. The Bertz CT molecular complexity index is 736. The largest absolute Gasteiger partial charge is 0.326 e. The summed E-state index contributed by atoms with van der Waals surface area (Å²) in [5.41, 5.74) is 0.0647. The van der Waals surface area contributed by atoms with E-state index in [0.717, 1.165) is 12.5 Å². The average molecular weight is 353 g/mol. The fourth-order valence-corrected chi connectivity index (χ4v) is 3.47. The predicted octanol–water partition coefficient (Wildman–Crippen LogP) is 3.78. The van der Waals surface area contributed by atoms with Crippen molar-refractivity contribution in [1.82, 2.24) is 4.90 Å². The summed E-state index contributed by atoms with van der Waals surface area (Å²) in [6, 6.07) is 7.00. The molecule has 2 aromatic rings. The van der Waals surface area contributed by atoms with Crippen LogP contribution in [0.5, 0.6) is 0 Å². The molecule has 3 rings (SSSR count). The van der Waals surface area contributed by atoms with E-state index in [4.69, 9.17) is 11.6 Å². The summed E-state index contributed by atoms with van der Waals surface area (Å²) in [4.78, 5) is 27.0. The molecule has 0 radical (unpaired) electrons. The number of halogens is 2. The Morgan fingerprint density at radius 2 is 2.17 bits per heavy atom. The minimum Gasteiger partial charge on any atom is -0.326 e. The Labute approximate surface area is 141 Å². The smallest absolute Gasteiger partial charge is 0.264 e. The van der Waals surface area contributed by atoms with Gasteiger partial charge >= 0.3 is 0 Å². The first-order chi connectivity index (χ1) is 11.1. The molecule has 2 heterocycles. The molecule has 120 valence electrons. The van der Waals surface area contributed by atoms with Crippen LogP contribution in [0, 0.1) is 5.82 Å². The molecule has 23 heavy (non-hydrogen) atoms. The second-order valence-corrected chi connectivity index (χ2v) is 6.63. The number of nitrogens with one attached hydrogen (secondary N) is 1. The third-order valence-corrected chi connectivity index (χ3v) is 4.83. The van der Waals surface area contributed by atoms with Gasteiger partial charge in [0.05, 0.1) is 10.6 Å². The van der Waals surface area contributed by atoms with Gasteiger partial charge in [-0.2, -0.15) is 0 Å². The summed E-state index contributed by atoms with van der Waals surface area (Å²) in [6.07, 6.45) is 1.32. The highest BCUT2D eigenvalue weighted by atomic mass is 35.5. The van der Waals surface area contributed by atoms with Gasteiger partial charge in [0.1, 0.15) is 11.9 Å². The number of nitrogens with zero attached hydrogens (tertiary/aromatic N) is 1. The molecule has 1 unspecified atom stereocenters. The van der Waals surface area contributed by atoms with E-state index in [0.29, 0.717) is 17.8 Å². The van der Waals surface area contributed by atoms with Crippen molar-refractivity contribution >= 4 is 40.4 Å². The molecule has 1 saturated heterocycles. The number of benzene rings is 1. The highest BCUT2D eigenvalue weighted by Gasteiger charge is 2.35. The van der Waals surface area contributed by atoms with Crippen molar-refractivity contribution < 1.29 is 14.0 Å². The first-order valence-electron chi connectivity index (χ1n) is 7.16. The third-order valence-electron chi connectivity index (χ3n) is 3.74. The van der Waals surface area contributed by atoms with Gasteiger partial charge in [-0.1, -0.05) is 17.7 Å². The van der Waals surface area contributed by atoms with Crippen LogP contribution in [0.3, 0.4) is 0 Å². The van der Waals surface area contributed by atoms with Crippen molar-refractivity contribution in [2.45, 2.75) is 18.9 Å². The zero-order valence-electron chi connectivity index (χ0n) is 12.1. The molecule has 1 fully saturated rings. The second-order valence-electron chi connectivity index (χ2n) is 5.25. The number of anilines is 1. The highest BCUT2D eigenvalue weighted by Crippen LogP contribution is 2.25. The van der Waals surface area contributed by atoms with Gasteiger partial charge in [0.25, 0.3) is 5.91 Å². The summed E-state index contributed by atoms with van der Waals surface area (Å²) < 4.78 is 13.8. The number of carbonyl (C=O) groups excluding carboxylic acids is 2. The van der Waals surface area contributed by atoms with E-state index in [1.165, 1.54) is 23.5 Å². The molecule has 0 saturated carbocycles. The second kappa shape index (κ2) is 6.68. The van der Waals surface area contributed by atoms with Crippen LogP contribution >= 0.6 is 22.9 Å². The zero-order chi connectivity index (χ0) is 16.4. The summed E-state index contributed by atoms with van der Waals surface area (Å²) in [5, 5.41) is 4.63. The van der Waals surface area contributed by atoms with Gasteiger partial charge in [0.15, 0.2) is 0 Å². The molecule has 0 bridgehead atoms. The monoisotopic (exact) mass is 352 g/mol. The van der Waals surface area contributed by atoms with Crippen LogP contribution in [0.2, 0.25) is 5.02 Å². The van der Waals surface area contributed by atoms with Gasteiger partial charge in [-0.15, -0.1) is 11.3 Å². The molecule has 1 aliphatic heterocycles. The van der Waals surface area contributed by atoms with E-state index in [-0.39, 0.29) is 22.5 Å². The quantitative estimate of drug-likeness (QED) is 0.913. The van der Waals surface area contributed by atoms with Crippen molar-refractivity contribution in [3.05, 3.63) is 51.4 Å². The maximum absolute atomic E-state index is 13.8. The van der Waals surface area contributed by atoms with Crippen LogP contribution in [-0.2, 0) is 4.79 Å². The molecule has 1 aromatic heterocycles. The summed E-state index contributed by atoms with van der Waals surface area (Å²) in [7, 11) is 0. The van der Waals surface area contributed by atoms with E-state index in [1.807, 2.05) is 5.38 Å². The topological polar surface area (TPSA) is 49.4 Å². The highest BCUT2D eigenvalue weighted by molar-refractivity contribution is 7.12. The minimum absolute atomic E-state index is 0.0647. The number of hydrogen-bond acceptors (Lipinski definition) is 3. The SMILES string of the molecule is O=C(Nc1ccc(Cl)cc1F)C1CCCN1C(=O)c1cccs1. The summed E-state index contributed by atoms with van der Waals surface area (Å²) in [5.74, 6) is -1.14. The first kappa shape index (κ1) is 16.0. The number of hydrogen-bond donors (Lipinski definition) is 1. The van der Waals surface area contributed by atoms with Crippen molar-refractivity contribution in [2.75, 3.05) is 11.9 Å². The summed E-state index contributed by atoms with van der Waals surface area (Å²) in [6.45, 7) is 0.526. The molecule has 4 nitrogen and oxygen atoms in total. The molecule has 0 spiro atoms. The van der Waals surface area contributed by atoms with E-state index >= 15 is 0 Å². The maximum atomic E-state index is 13.8. The molecule has 0 aliphatic carbocycles. The molecular formula is C16H14ClFN2O2S. The zero-order valence-corrected chi connectivity index (χ0v) is 13.7.